The lowest BCUT2D eigenvalue weighted by Crippen LogP contribution is -2.09. The highest BCUT2D eigenvalue weighted by Crippen LogP contribution is 2.11. The fourth-order valence-electron chi connectivity index (χ4n) is 1.22. The number of nitrogens with zero attached hydrogens (tertiary/aromatic N) is 2. The molecular weight excluding hydrogens is 206 g/mol. The van der Waals surface area contributed by atoms with Crippen LogP contribution in [0.1, 0.15) is 13.3 Å². The predicted molar refractivity (Wildman–Crippen MR) is 65.6 cm³/mol. The van der Waals surface area contributed by atoms with Gasteiger partial charge in [-0.25, -0.2) is 0 Å². The summed E-state index contributed by atoms with van der Waals surface area (Å²) in [6.45, 7) is 4.30. The van der Waals surface area contributed by atoms with E-state index in [0.717, 1.165) is 32.0 Å². The van der Waals surface area contributed by atoms with Gasteiger partial charge in [-0.05, 0) is 13.3 Å². The topological polar surface area (TPSA) is 85.1 Å². The highest BCUT2D eigenvalue weighted by molar-refractivity contribution is 5.50. The number of aromatic nitrogens is 2. The Balaban J connectivity index is 2.38. The lowest BCUT2D eigenvalue weighted by molar-refractivity contribution is 0.147. The minimum Gasteiger partial charge on any atom is -0.382 e. The summed E-state index contributed by atoms with van der Waals surface area (Å²) in [7, 11) is 1.79. The van der Waals surface area contributed by atoms with Gasteiger partial charge in [0.15, 0.2) is 0 Å². The average Bonchev–Trinajstić information content (AvgIpc) is 2.28. The third-order valence-electron chi connectivity index (χ3n) is 1.98. The largest absolute Gasteiger partial charge is 0.382 e. The van der Waals surface area contributed by atoms with Gasteiger partial charge < -0.3 is 21.1 Å². The van der Waals surface area contributed by atoms with Crippen molar-refractivity contribution < 1.29 is 4.74 Å². The van der Waals surface area contributed by atoms with Crippen LogP contribution in [0, 0.1) is 0 Å². The van der Waals surface area contributed by atoms with Crippen molar-refractivity contribution in [2.24, 2.45) is 0 Å². The van der Waals surface area contributed by atoms with E-state index in [0.29, 0.717) is 5.82 Å². The van der Waals surface area contributed by atoms with E-state index in [9.17, 15) is 0 Å². The Labute approximate surface area is 95.6 Å². The molecule has 4 N–H and O–H groups in total. The van der Waals surface area contributed by atoms with Gasteiger partial charge in [0.25, 0.3) is 0 Å². The van der Waals surface area contributed by atoms with Crippen LogP contribution in [-0.2, 0) is 4.74 Å². The van der Waals surface area contributed by atoms with Gasteiger partial charge in [-0.2, -0.15) is 9.97 Å². The molecule has 0 unspecified atom stereocenters. The zero-order valence-corrected chi connectivity index (χ0v) is 9.79. The zero-order valence-electron chi connectivity index (χ0n) is 9.79. The maximum Gasteiger partial charge on any atom is 0.223 e. The third-order valence-corrected chi connectivity index (χ3v) is 1.98. The molecule has 0 radical (unpaired) electrons. The lowest BCUT2D eigenvalue weighted by atomic mass is 10.4. The van der Waals surface area contributed by atoms with Crippen molar-refractivity contribution in [1.29, 1.82) is 0 Å². The second-order valence-electron chi connectivity index (χ2n) is 3.22. The van der Waals surface area contributed by atoms with Crippen molar-refractivity contribution in [1.82, 2.24) is 9.97 Å². The number of rotatable bonds is 7. The molecule has 1 aromatic rings. The lowest BCUT2D eigenvalue weighted by Gasteiger charge is -2.07. The van der Waals surface area contributed by atoms with E-state index in [-0.39, 0.29) is 5.95 Å². The smallest absolute Gasteiger partial charge is 0.223 e. The number of hydrogen-bond donors (Lipinski definition) is 3. The number of hydrogen-bond acceptors (Lipinski definition) is 6. The van der Waals surface area contributed by atoms with E-state index in [1.165, 1.54) is 0 Å². The van der Waals surface area contributed by atoms with E-state index in [1.54, 1.807) is 7.05 Å². The van der Waals surface area contributed by atoms with E-state index in [1.807, 2.05) is 13.0 Å². The van der Waals surface area contributed by atoms with Gasteiger partial charge in [0.05, 0.1) is 0 Å². The molecule has 0 saturated carbocycles. The maximum atomic E-state index is 5.56. The molecule has 1 heterocycles. The van der Waals surface area contributed by atoms with Crippen molar-refractivity contribution in [2.45, 2.75) is 13.3 Å². The predicted octanol–water partition coefficient (Wildman–Crippen LogP) is 0.939. The SMILES string of the molecule is CCOCCCNc1cc(NC)nc(N)n1. The molecule has 6 nitrogen and oxygen atoms in total. The first-order chi connectivity index (χ1) is 7.76. The summed E-state index contributed by atoms with van der Waals surface area (Å²) in [5.41, 5.74) is 5.56. The molecule has 90 valence electrons. The Morgan fingerprint density at radius 3 is 2.81 bits per heavy atom. The van der Waals surface area contributed by atoms with Crippen LogP contribution in [0.5, 0.6) is 0 Å². The van der Waals surface area contributed by atoms with Gasteiger partial charge >= 0.3 is 0 Å². The minimum absolute atomic E-state index is 0.263. The minimum atomic E-state index is 0.263. The van der Waals surface area contributed by atoms with E-state index >= 15 is 0 Å². The first-order valence-corrected chi connectivity index (χ1v) is 5.40. The summed E-state index contributed by atoms with van der Waals surface area (Å²) in [6, 6.07) is 1.82. The molecule has 0 saturated heterocycles. The summed E-state index contributed by atoms with van der Waals surface area (Å²) >= 11 is 0. The molecule has 0 fully saturated rings. The monoisotopic (exact) mass is 225 g/mol. The van der Waals surface area contributed by atoms with Gasteiger partial charge in [0.1, 0.15) is 11.6 Å². The fraction of sp³-hybridized carbons (Fsp3) is 0.600. The Hall–Kier alpha value is -1.56. The van der Waals surface area contributed by atoms with Crippen LogP contribution in [0.4, 0.5) is 17.6 Å². The molecule has 0 spiro atoms. The van der Waals surface area contributed by atoms with Crippen molar-refractivity contribution in [3.8, 4) is 0 Å². The molecule has 0 aliphatic carbocycles. The van der Waals surface area contributed by atoms with E-state index in [4.69, 9.17) is 10.5 Å². The number of ether oxygens (including phenoxy) is 1. The van der Waals surface area contributed by atoms with Crippen LogP contribution in [0.2, 0.25) is 0 Å². The molecule has 0 aromatic carbocycles. The Kier molecular flexibility index (Phi) is 5.35. The number of nitrogens with two attached hydrogens (primary N) is 1. The first-order valence-electron chi connectivity index (χ1n) is 5.40. The number of nitrogens with one attached hydrogen (secondary N) is 2. The zero-order chi connectivity index (χ0) is 11.8. The standard InChI is InChI=1S/C10H19N5O/c1-3-16-6-4-5-13-9-7-8(12-2)14-10(11)15-9/h7H,3-6H2,1-2H3,(H4,11,12,13,14,15). The van der Waals surface area contributed by atoms with Crippen molar-refractivity contribution in [3.63, 3.8) is 0 Å². The Bertz CT molecular complexity index is 318. The Morgan fingerprint density at radius 2 is 2.12 bits per heavy atom. The van der Waals surface area contributed by atoms with E-state index in [2.05, 4.69) is 20.6 Å². The third kappa shape index (κ3) is 4.31. The summed E-state index contributed by atoms with van der Waals surface area (Å²) in [4.78, 5) is 8.08. The van der Waals surface area contributed by atoms with Gasteiger partial charge in [-0.15, -0.1) is 0 Å². The highest BCUT2D eigenvalue weighted by Gasteiger charge is 1.99. The van der Waals surface area contributed by atoms with Crippen molar-refractivity contribution in [3.05, 3.63) is 6.07 Å². The van der Waals surface area contributed by atoms with Gasteiger partial charge in [0, 0.05) is 32.9 Å². The second kappa shape index (κ2) is 6.84. The highest BCUT2D eigenvalue weighted by atomic mass is 16.5. The summed E-state index contributed by atoms with van der Waals surface area (Å²) < 4.78 is 5.23. The molecule has 0 bridgehead atoms. The molecule has 1 rings (SSSR count). The van der Waals surface area contributed by atoms with Crippen LogP contribution in [0.15, 0.2) is 6.07 Å². The average molecular weight is 225 g/mol. The van der Waals surface area contributed by atoms with Gasteiger partial charge in [-0.3, -0.25) is 0 Å². The quantitative estimate of drug-likeness (QED) is 0.599. The molecule has 16 heavy (non-hydrogen) atoms. The van der Waals surface area contributed by atoms with Crippen LogP contribution >= 0.6 is 0 Å². The van der Waals surface area contributed by atoms with Crippen molar-refractivity contribution in [2.75, 3.05) is 43.2 Å². The van der Waals surface area contributed by atoms with Gasteiger partial charge in [-0.1, -0.05) is 0 Å². The summed E-state index contributed by atoms with van der Waals surface area (Å²) in [5, 5.41) is 6.09. The molecule has 6 heteroatoms. The van der Waals surface area contributed by atoms with Crippen LogP contribution in [0.25, 0.3) is 0 Å². The van der Waals surface area contributed by atoms with E-state index < -0.39 is 0 Å². The fourth-order valence-corrected chi connectivity index (χ4v) is 1.22. The van der Waals surface area contributed by atoms with Crippen LogP contribution in [-0.4, -0.2) is 36.8 Å². The number of anilines is 3. The normalized spacial score (nSPS) is 10.1. The molecule has 0 aliphatic rings. The van der Waals surface area contributed by atoms with Crippen LogP contribution in [0.3, 0.4) is 0 Å². The molecule has 0 aliphatic heterocycles. The first kappa shape index (κ1) is 12.5. The second-order valence-corrected chi connectivity index (χ2v) is 3.22. The molecule has 1 aromatic heterocycles. The maximum absolute atomic E-state index is 5.56. The Morgan fingerprint density at radius 1 is 1.38 bits per heavy atom. The summed E-state index contributed by atoms with van der Waals surface area (Å²) in [5.74, 6) is 1.70. The summed E-state index contributed by atoms with van der Waals surface area (Å²) in [6.07, 6.45) is 0.937. The molecular formula is C10H19N5O. The number of nitrogen functional groups attached to an aromatic ring is 1. The van der Waals surface area contributed by atoms with Gasteiger partial charge in [0.2, 0.25) is 5.95 Å². The van der Waals surface area contributed by atoms with Crippen LogP contribution < -0.4 is 16.4 Å². The van der Waals surface area contributed by atoms with Crippen molar-refractivity contribution >= 4 is 17.6 Å². The molecule has 0 amide bonds. The molecule has 0 atom stereocenters.